The molecule has 0 bridgehead atoms. The van der Waals surface area contributed by atoms with Crippen molar-refractivity contribution in [2.75, 3.05) is 6.61 Å². The van der Waals surface area contributed by atoms with E-state index in [1.807, 2.05) is 0 Å². The molecular formula is C14H16BrF3O. The summed E-state index contributed by atoms with van der Waals surface area (Å²) in [6, 6.07) is 4.28. The van der Waals surface area contributed by atoms with E-state index in [9.17, 15) is 18.3 Å². The van der Waals surface area contributed by atoms with Crippen LogP contribution in [0.3, 0.4) is 0 Å². The predicted octanol–water partition coefficient (Wildman–Crippen LogP) is 4.73. The molecule has 2 unspecified atom stereocenters. The van der Waals surface area contributed by atoms with Crippen LogP contribution in [0.15, 0.2) is 22.7 Å². The molecule has 1 N–H and O–H groups in total. The van der Waals surface area contributed by atoms with Crippen LogP contribution in [0.4, 0.5) is 13.2 Å². The third kappa shape index (κ3) is 3.51. The summed E-state index contributed by atoms with van der Waals surface area (Å²) >= 11 is 3.01. The minimum Gasteiger partial charge on any atom is -0.396 e. The fourth-order valence-electron chi connectivity index (χ4n) is 2.77. The Morgan fingerprint density at radius 2 is 2.00 bits per heavy atom. The maximum absolute atomic E-state index is 12.7. The Balaban J connectivity index is 2.20. The summed E-state index contributed by atoms with van der Waals surface area (Å²) < 4.78 is 38.1. The molecule has 1 aliphatic carbocycles. The topological polar surface area (TPSA) is 20.2 Å². The van der Waals surface area contributed by atoms with Gasteiger partial charge in [-0.2, -0.15) is 13.2 Å². The molecule has 0 heterocycles. The van der Waals surface area contributed by atoms with Crippen molar-refractivity contribution in [2.24, 2.45) is 5.92 Å². The van der Waals surface area contributed by atoms with Gasteiger partial charge in [0.25, 0.3) is 0 Å². The molecule has 0 aromatic heterocycles. The van der Waals surface area contributed by atoms with Crippen molar-refractivity contribution in [3.05, 3.63) is 33.8 Å². The standard InChI is InChI=1S/C14H16BrF3O/c15-13-7-11(4-5-12(13)14(16,17)18)10-3-1-2-9(6-10)8-19/h4-5,7,9-10,19H,1-3,6,8H2. The van der Waals surface area contributed by atoms with Crippen molar-refractivity contribution in [2.45, 2.75) is 37.8 Å². The van der Waals surface area contributed by atoms with Crippen LogP contribution in [-0.4, -0.2) is 11.7 Å². The molecule has 0 saturated heterocycles. The highest BCUT2D eigenvalue weighted by atomic mass is 79.9. The molecule has 0 aliphatic heterocycles. The van der Waals surface area contributed by atoms with E-state index in [-0.39, 0.29) is 22.9 Å². The third-order valence-corrected chi connectivity index (χ3v) is 4.47. The van der Waals surface area contributed by atoms with E-state index < -0.39 is 11.7 Å². The summed E-state index contributed by atoms with van der Waals surface area (Å²) in [5.74, 6) is 0.532. The lowest BCUT2D eigenvalue weighted by atomic mass is 9.78. The predicted molar refractivity (Wildman–Crippen MR) is 70.9 cm³/mol. The molecule has 1 aromatic carbocycles. The minimum atomic E-state index is -4.32. The number of benzene rings is 1. The van der Waals surface area contributed by atoms with Gasteiger partial charge in [0.2, 0.25) is 0 Å². The van der Waals surface area contributed by atoms with Gasteiger partial charge in [0.15, 0.2) is 0 Å². The van der Waals surface area contributed by atoms with E-state index in [0.29, 0.717) is 0 Å². The zero-order chi connectivity index (χ0) is 14.0. The van der Waals surface area contributed by atoms with Gasteiger partial charge in [-0.05, 0) is 48.8 Å². The highest BCUT2D eigenvalue weighted by Crippen LogP contribution is 2.40. The smallest absolute Gasteiger partial charge is 0.396 e. The van der Waals surface area contributed by atoms with Gasteiger partial charge in [0, 0.05) is 11.1 Å². The number of alkyl halides is 3. The van der Waals surface area contributed by atoms with Crippen LogP contribution >= 0.6 is 15.9 Å². The average molecular weight is 337 g/mol. The second-order valence-corrected chi connectivity index (χ2v) is 6.00. The molecule has 106 valence electrons. The van der Waals surface area contributed by atoms with Crippen molar-refractivity contribution < 1.29 is 18.3 Å². The Labute approximate surface area is 119 Å². The Bertz CT molecular complexity index is 445. The van der Waals surface area contributed by atoms with Crippen LogP contribution in [-0.2, 0) is 6.18 Å². The second-order valence-electron chi connectivity index (χ2n) is 5.15. The van der Waals surface area contributed by atoms with Crippen LogP contribution in [0.1, 0.15) is 42.7 Å². The Kier molecular flexibility index (Phi) is 4.56. The quantitative estimate of drug-likeness (QED) is 0.827. The fraction of sp³-hybridized carbons (Fsp3) is 0.571. The van der Waals surface area contributed by atoms with Gasteiger partial charge in [-0.25, -0.2) is 0 Å². The first kappa shape index (κ1) is 14.9. The van der Waals surface area contributed by atoms with E-state index in [1.165, 1.54) is 0 Å². The van der Waals surface area contributed by atoms with Gasteiger partial charge < -0.3 is 5.11 Å². The Morgan fingerprint density at radius 1 is 1.26 bits per heavy atom. The molecule has 5 heteroatoms. The molecule has 1 nitrogen and oxygen atoms in total. The lowest BCUT2D eigenvalue weighted by Gasteiger charge is -2.28. The number of rotatable bonds is 2. The van der Waals surface area contributed by atoms with E-state index in [2.05, 4.69) is 15.9 Å². The molecule has 19 heavy (non-hydrogen) atoms. The van der Waals surface area contributed by atoms with E-state index in [1.54, 1.807) is 12.1 Å². The molecule has 2 rings (SSSR count). The largest absolute Gasteiger partial charge is 0.417 e. The minimum absolute atomic E-state index is 0.101. The average Bonchev–Trinajstić information content (AvgIpc) is 2.37. The van der Waals surface area contributed by atoms with E-state index in [4.69, 9.17) is 0 Å². The Hall–Kier alpha value is -0.550. The van der Waals surface area contributed by atoms with Gasteiger partial charge in [-0.3, -0.25) is 0 Å². The summed E-state index contributed by atoms with van der Waals surface area (Å²) in [6.07, 6.45) is -0.455. The van der Waals surface area contributed by atoms with Gasteiger partial charge in [-0.15, -0.1) is 0 Å². The highest BCUT2D eigenvalue weighted by molar-refractivity contribution is 9.10. The number of hydrogen-bond acceptors (Lipinski definition) is 1. The summed E-state index contributed by atoms with van der Waals surface area (Å²) in [6.45, 7) is 0.165. The number of aliphatic hydroxyl groups is 1. The van der Waals surface area contributed by atoms with Crippen LogP contribution in [0, 0.1) is 5.92 Å². The summed E-state index contributed by atoms with van der Waals surface area (Å²) in [5, 5.41) is 9.20. The number of halogens is 4. The van der Waals surface area contributed by atoms with E-state index in [0.717, 1.165) is 37.3 Å². The zero-order valence-electron chi connectivity index (χ0n) is 10.4. The lowest BCUT2D eigenvalue weighted by Crippen LogP contribution is -2.17. The second kappa shape index (κ2) is 5.83. The molecule has 0 amide bonds. The first-order chi connectivity index (χ1) is 8.91. The van der Waals surface area contributed by atoms with Gasteiger partial charge in [-0.1, -0.05) is 28.4 Å². The van der Waals surface area contributed by atoms with Crippen molar-refractivity contribution in [1.82, 2.24) is 0 Å². The maximum Gasteiger partial charge on any atom is 0.417 e. The monoisotopic (exact) mass is 336 g/mol. The SMILES string of the molecule is OCC1CCCC(c2ccc(C(F)(F)F)c(Br)c2)C1. The molecule has 0 radical (unpaired) electrons. The third-order valence-electron chi connectivity index (χ3n) is 3.81. The number of hydrogen-bond donors (Lipinski definition) is 1. The first-order valence-electron chi connectivity index (χ1n) is 6.39. The molecular weight excluding hydrogens is 321 g/mol. The van der Waals surface area contributed by atoms with Crippen LogP contribution in [0.5, 0.6) is 0 Å². The van der Waals surface area contributed by atoms with E-state index >= 15 is 0 Å². The van der Waals surface area contributed by atoms with Crippen LogP contribution < -0.4 is 0 Å². The van der Waals surface area contributed by atoms with Crippen molar-refractivity contribution in [3.8, 4) is 0 Å². The molecule has 1 aromatic rings. The Morgan fingerprint density at radius 3 is 2.58 bits per heavy atom. The van der Waals surface area contributed by atoms with Crippen molar-refractivity contribution in [3.63, 3.8) is 0 Å². The fourth-order valence-corrected chi connectivity index (χ4v) is 3.40. The lowest BCUT2D eigenvalue weighted by molar-refractivity contribution is -0.138. The summed E-state index contributed by atoms with van der Waals surface area (Å²) in [4.78, 5) is 0. The molecule has 0 spiro atoms. The van der Waals surface area contributed by atoms with Crippen molar-refractivity contribution in [1.29, 1.82) is 0 Å². The molecule has 1 aliphatic rings. The van der Waals surface area contributed by atoms with Crippen LogP contribution in [0.2, 0.25) is 0 Å². The number of aliphatic hydroxyl groups excluding tert-OH is 1. The summed E-state index contributed by atoms with van der Waals surface area (Å²) in [7, 11) is 0. The van der Waals surface area contributed by atoms with Gasteiger partial charge >= 0.3 is 6.18 Å². The van der Waals surface area contributed by atoms with Gasteiger partial charge in [0.05, 0.1) is 5.56 Å². The first-order valence-corrected chi connectivity index (χ1v) is 7.18. The van der Waals surface area contributed by atoms with Crippen LogP contribution in [0.25, 0.3) is 0 Å². The molecule has 1 saturated carbocycles. The highest BCUT2D eigenvalue weighted by Gasteiger charge is 2.33. The zero-order valence-corrected chi connectivity index (χ0v) is 12.0. The normalized spacial score (nSPS) is 24.5. The van der Waals surface area contributed by atoms with Crippen molar-refractivity contribution >= 4 is 15.9 Å². The maximum atomic E-state index is 12.7. The summed E-state index contributed by atoms with van der Waals surface area (Å²) in [5.41, 5.74) is 0.295. The molecule has 2 atom stereocenters. The van der Waals surface area contributed by atoms with Gasteiger partial charge in [0.1, 0.15) is 0 Å². The molecule has 1 fully saturated rings.